The molecular formula is C20H24N8. The van der Waals surface area contributed by atoms with Gasteiger partial charge in [0.25, 0.3) is 0 Å². The molecule has 0 spiro atoms. The molecule has 28 heavy (non-hydrogen) atoms. The van der Waals surface area contributed by atoms with Gasteiger partial charge in [-0.15, -0.1) is 10.2 Å². The highest BCUT2D eigenvalue weighted by atomic mass is 15.3. The average molecular weight is 376 g/mol. The van der Waals surface area contributed by atoms with Gasteiger partial charge in [0.15, 0.2) is 5.82 Å². The molecule has 1 unspecified atom stereocenters. The Balaban J connectivity index is 1.29. The summed E-state index contributed by atoms with van der Waals surface area (Å²) in [7, 11) is 2.07. The van der Waals surface area contributed by atoms with Crippen molar-refractivity contribution in [2.75, 3.05) is 13.1 Å². The summed E-state index contributed by atoms with van der Waals surface area (Å²) in [5, 5.41) is 8.96. The molecule has 144 valence electrons. The number of fused-ring (bicyclic) bond motifs is 1. The third-order valence-electron chi connectivity index (χ3n) is 5.56. The molecule has 8 heteroatoms. The second-order valence-electron chi connectivity index (χ2n) is 7.54. The Morgan fingerprint density at radius 1 is 1.18 bits per heavy atom. The lowest BCUT2D eigenvalue weighted by atomic mass is 9.97. The van der Waals surface area contributed by atoms with Crippen LogP contribution in [-0.2, 0) is 20.1 Å². The first kappa shape index (κ1) is 17.1. The van der Waals surface area contributed by atoms with E-state index in [9.17, 15) is 0 Å². The summed E-state index contributed by atoms with van der Waals surface area (Å²) in [6.45, 7) is 3.60. The molecule has 8 nitrogen and oxygen atoms in total. The van der Waals surface area contributed by atoms with Crippen LogP contribution in [0.1, 0.15) is 36.2 Å². The minimum atomic E-state index is 0.396. The fourth-order valence-corrected chi connectivity index (χ4v) is 4.11. The van der Waals surface area contributed by atoms with Crippen molar-refractivity contribution in [2.45, 2.75) is 31.8 Å². The second kappa shape index (κ2) is 7.20. The van der Waals surface area contributed by atoms with E-state index < -0.39 is 0 Å². The Labute approximate surface area is 163 Å². The van der Waals surface area contributed by atoms with Gasteiger partial charge in [-0.3, -0.25) is 4.90 Å². The molecule has 0 bridgehead atoms. The van der Waals surface area contributed by atoms with Crippen LogP contribution in [0.2, 0.25) is 0 Å². The molecule has 0 radical (unpaired) electrons. The highest BCUT2D eigenvalue weighted by Gasteiger charge is 2.26. The van der Waals surface area contributed by atoms with E-state index in [-0.39, 0.29) is 0 Å². The Morgan fingerprint density at radius 2 is 2.11 bits per heavy atom. The van der Waals surface area contributed by atoms with Gasteiger partial charge in [0.2, 0.25) is 0 Å². The number of H-pyrrole nitrogens is 1. The zero-order valence-corrected chi connectivity index (χ0v) is 16.0. The van der Waals surface area contributed by atoms with Crippen LogP contribution in [0.4, 0.5) is 0 Å². The predicted octanol–water partition coefficient (Wildman–Crippen LogP) is 2.32. The highest BCUT2D eigenvalue weighted by Crippen LogP contribution is 2.27. The lowest BCUT2D eigenvalue weighted by Crippen LogP contribution is -2.35. The first-order valence-electron chi connectivity index (χ1n) is 9.76. The van der Waals surface area contributed by atoms with Gasteiger partial charge in [-0.25, -0.2) is 9.97 Å². The van der Waals surface area contributed by atoms with Crippen LogP contribution in [0.3, 0.4) is 0 Å². The van der Waals surface area contributed by atoms with Crippen LogP contribution in [0, 0.1) is 0 Å². The van der Waals surface area contributed by atoms with Gasteiger partial charge in [0.1, 0.15) is 11.6 Å². The molecule has 1 fully saturated rings. The summed E-state index contributed by atoms with van der Waals surface area (Å²) < 4.78 is 4.16. The molecule has 1 aromatic carbocycles. The number of likely N-dealkylation sites (tertiary alicyclic amines) is 1. The van der Waals surface area contributed by atoms with E-state index in [0.717, 1.165) is 61.0 Å². The minimum absolute atomic E-state index is 0.396. The molecule has 0 saturated carbocycles. The van der Waals surface area contributed by atoms with Crippen molar-refractivity contribution in [1.29, 1.82) is 0 Å². The van der Waals surface area contributed by atoms with E-state index in [1.54, 1.807) is 6.20 Å². The minimum Gasteiger partial charge on any atom is -0.341 e. The van der Waals surface area contributed by atoms with Crippen molar-refractivity contribution < 1.29 is 0 Å². The van der Waals surface area contributed by atoms with Crippen molar-refractivity contribution in [1.82, 2.24) is 39.2 Å². The molecule has 0 aliphatic carbocycles. The van der Waals surface area contributed by atoms with E-state index in [4.69, 9.17) is 4.98 Å². The summed E-state index contributed by atoms with van der Waals surface area (Å²) >= 11 is 0. The highest BCUT2D eigenvalue weighted by molar-refractivity contribution is 5.74. The summed E-state index contributed by atoms with van der Waals surface area (Å²) in [6.07, 6.45) is 7.85. The number of nitrogens with one attached hydrogen (secondary N) is 1. The van der Waals surface area contributed by atoms with E-state index in [1.807, 2.05) is 29.2 Å². The van der Waals surface area contributed by atoms with Crippen molar-refractivity contribution in [3.8, 4) is 0 Å². The van der Waals surface area contributed by atoms with Gasteiger partial charge in [0.05, 0.1) is 30.5 Å². The van der Waals surface area contributed by atoms with E-state index in [0.29, 0.717) is 12.5 Å². The molecule has 1 aliphatic heterocycles. The van der Waals surface area contributed by atoms with Gasteiger partial charge in [0, 0.05) is 31.9 Å². The van der Waals surface area contributed by atoms with E-state index in [2.05, 4.69) is 48.8 Å². The molecule has 0 amide bonds. The zero-order valence-electron chi connectivity index (χ0n) is 16.0. The molecule has 1 aliphatic rings. The molecule has 5 rings (SSSR count). The number of aromatic amines is 1. The molecule has 1 saturated heterocycles. The lowest BCUT2D eigenvalue weighted by Gasteiger charge is -2.31. The normalized spacial score (nSPS) is 18.1. The van der Waals surface area contributed by atoms with Crippen molar-refractivity contribution >= 4 is 11.0 Å². The monoisotopic (exact) mass is 376 g/mol. The number of piperidine rings is 1. The quantitative estimate of drug-likeness (QED) is 0.578. The maximum Gasteiger partial charge on any atom is 0.152 e. The first-order chi connectivity index (χ1) is 13.8. The summed E-state index contributed by atoms with van der Waals surface area (Å²) in [5.74, 6) is 3.46. The third kappa shape index (κ3) is 3.31. The molecule has 1 atom stereocenters. The Bertz CT molecular complexity index is 1030. The standard InChI is InChI=1S/C20H24N8/c1-26-19(13-28-10-8-21-14-28)24-25-20(26)15-5-4-9-27(11-15)12-18-22-16-6-2-3-7-17(16)23-18/h2-3,6-8,10,14-15H,4-5,9,11-13H2,1H3,(H,22,23). The van der Waals surface area contributed by atoms with Crippen molar-refractivity contribution in [3.05, 3.63) is 60.5 Å². The fraction of sp³-hybridized carbons (Fsp3) is 0.400. The fourth-order valence-electron chi connectivity index (χ4n) is 4.11. The summed E-state index contributed by atoms with van der Waals surface area (Å²) in [4.78, 5) is 14.7. The zero-order chi connectivity index (χ0) is 18.9. The number of hydrogen-bond donors (Lipinski definition) is 1. The molecule has 3 aromatic heterocycles. The van der Waals surface area contributed by atoms with Crippen LogP contribution in [-0.4, -0.2) is 52.3 Å². The van der Waals surface area contributed by atoms with Gasteiger partial charge in [-0.2, -0.15) is 0 Å². The Morgan fingerprint density at radius 3 is 2.96 bits per heavy atom. The van der Waals surface area contributed by atoms with Crippen molar-refractivity contribution in [2.24, 2.45) is 7.05 Å². The molecule has 4 heterocycles. The van der Waals surface area contributed by atoms with Crippen LogP contribution in [0.5, 0.6) is 0 Å². The SMILES string of the molecule is Cn1c(Cn2ccnc2)nnc1C1CCCN(Cc2nc3ccccc3[nH]2)C1. The van der Waals surface area contributed by atoms with Crippen molar-refractivity contribution in [3.63, 3.8) is 0 Å². The Hall–Kier alpha value is -3.00. The van der Waals surface area contributed by atoms with Crippen LogP contribution in [0.25, 0.3) is 11.0 Å². The second-order valence-corrected chi connectivity index (χ2v) is 7.54. The largest absolute Gasteiger partial charge is 0.341 e. The number of para-hydroxylation sites is 2. The van der Waals surface area contributed by atoms with Crippen LogP contribution < -0.4 is 0 Å². The number of benzene rings is 1. The predicted molar refractivity (Wildman–Crippen MR) is 106 cm³/mol. The topological polar surface area (TPSA) is 80.4 Å². The maximum absolute atomic E-state index is 4.73. The molecular weight excluding hydrogens is 352 g/mol. The van der Waals surface area contributed by atoms with E-state index in [1.165, 1.54) is 0 Å². The number of nitrogens with zero attached hydrogens (tertiary/aromatic N) is 7. The van der Waals surface area contributed by atoms with Gasteiger partial charge in [-0.05, 0) is 31.5 Å². The van der Waals surface area contributed by atoms with Gasteiger partial charge < -0.3 is 14.1 Å². The van der Waals surface area contributed by atoms with Gasteiger partial charge in [-0.1, -0.05) is 12.1 Å². The van der Waals surface area contributed by atoms with E-state index >= 15 is 0 Å². The maximum atomic E-state index is 4.73. The number of rotatable bonds is 5. The summed E-state index contributed by atoms with van der Waals surface area (Å²) in [6, 6.07) is 8.19. The van der Waals surface area contributed by atoms with Crippen LogP contribution in [0.15, 0.2) is 43.0 Å². The number of aromatic nitrogens is 7. The lowest BCUT2D eigenvalue weighted by molar-refractivity contribution is 0.191. The third-order valence-corrected chi connectivity index (χ3v) is 5.56. The Kier molecular flexibility index (Phi) is 4.40. The smallest absolute Gasteiger partial charge is 0.152 e. The molecule has 1 N–H and O–H groups in total. The number of hydrogen-bond acceptors (Lipinski definition) is 5. The van der Waals surface area contributed by atoms with Crippen LogP contribution >= 0.6 is 0 Å². The average Bonchev–Trinajstić information content (AvgIpc) is 3.43. The first-order valence-corrected chi connectivity index (χ1v) is 9.76. The molecule has 4 aromatic rings. The summed E-state index contributed by atoms with van der Waals surface area (Å²) in [5.41, 5.74) is 2.13. The number of imidazole rings is 2. The van der Waals surface area contributed by atoms with Gasteiger partial charge >= 0.3 is 0 Å².